The maximum Gasteiger partial charge on any atom is 0.270 e. The molecule has 10 heteroatoms. The number of anilines is 2. The van der Waals surface area contributed by atoms with Gasteiger partial charge in [-0.2, -0.15) is 0 Å². The summed E-state index contributed by atoms with van der Waals surface area (Å²) in [6.07, 6.45) is 0. The molecule has 0 unspecified atom stereocenters. The predicted molar refractivity (Wildman–Crippen MR) is 106 cm³/mol. The van der Waals surface area contributed by atoms with Crippen LogP contribution < -0.4 is 10.6 Å². The van der Waals surface area contributed by atoms with Crippen molar-refractivity contribution in [3.8, 4) is 0 Å². The van der Waals surface area contributed by atoms with Crippen molar-refractivity contribution in [3.05, 3.63) is 52.6 Å². The highest BCUT2D eigenvalue weighted by Crippen LogP contribution is 2.31. The fraction of sp³-hybridized carbons (Fsp3) is 0.118. The molecule has 0 fully saturated rings. The first-order valence-corrected chi connectivity index (χ1v) is 9.56. The number of nitro groups is 1. The molecule has 0 atom stereocenters. The second-order valence-electron chi connectivity index (χ2n) is 5.48. The van der Waals surface area contributed by atoms with Crippen LogP contribution in [0.3, 0.4) is 0 Å². The molecule has 0 bridgehead atoms. The Kier molecular flexibility index (Phi) is 5.67. The van der Waals surface area contributed by atoms with E-state index in [4.69, 9.17) is 0 Å². The van der Waals surface area contributed by atoms with Gasteiger partial charge in [0.1, 0.15) is 0 Å². The SMILES string of the molecule is CC(=O)Nc1ccc(NC(=O)CSc2nc3ccc([N+](=O)[O-])cc3s2)cc1. The molecule has 0 radical (unpaired) electrons. The first kappa shape index (κ1) is 18.8. The molecule has 1 heterocycles. The number of nitrogens with zero attached hydrogens (tertiary/aromatic N) is 2. The van der Waals surface area contributed by atoms with Crippen LogP contribution >= 0.6 is 23.1 Å². The first-order valence-electron chi connectivity index (χ1n) is 7.76. The fourth-order valence-electron chi connectivity index (χ4n) is 2.23. The number of hydrogen-bond acceptors (Lipinski definition) is 7. The summed E-state index contributed by atoms with van der Waals surface area (Å²) < 4.78 is 1.38. The molecule has 2 N–H and O–H groups in total. The third kappa shape index (κ3) is 5.02. The van der Waals surface area contributed by atoms with E-state index < -0.39 is 4.92 Å². The minimum atomic E-state index is -0.448. The van der Waals surface area contributed by atoms with Crippen LogP contribution in [-0.4, -0.2) is 27.5 Å². The molecule has 0 aliphatic rings. The van der Waals surface area contributed by atoms with Crippen LogP contribution in [0.15, 0.2) is 46.8 Å². The molecule has 0 saturated carbocycles. The summed E-state index contributed by atoms with van der Waals surface area (Å²) in [4.78, 5) is 37.8. The zero-order chi connectivity index (χ0) is 19.4. The smallest absolute Gasteiger partial charge is 0.270 e. The van der Waals surface area contributed by atoms with Gasteiger partial charge in [0, 0.05) is 30.4 Å². The Balaban J connectivity index is 1.58. The second kappa shape index (κ2) is 8.14. The van der Waals surface area contributed by atoms with Crippen LogP contribution in [-0.2, 0) is 9.59 Å². The van der Waals surface area contributed by atoms with Crippen molar-refractivity contribution in [2.75, 3.05) is 16.4 Å². The highest BCUT2D eigenvalue weighted by atomic mass is 32.2. The monoisotopic (exact) mass is 402 g/mol. The Morgan fingerprint density at radius 1 is 1.15 bits per heavy atom. The van der Waals surface area contributed by atoms with Crippen molar-refractivity contribution >= 4 is 62.2 Å². The summed E-state index contributed by atoms with van der Waals surface area (Å²) in [5, 5.41) is 16.2. The first-order chi connectivity index (χ1) is 12.9. The van der Waals surface area contributed by atoms with Crippen LogP contribution in [0, 0.1) is 10.1 Å². The molecule has 0 saturated heterocycles. The van der Waals surface area contributed by atoms with Crippen LogP contribution in [0.5, 0.6) is 0 Å². The van der Waals surface area contributed by atoms with Gasteiger partial charge in [0.2, 0.25) is 11.8 Å². The fourth-order valence-corrected chi connectivity index (χ4v) is 4.13. The Morgan fingerprint density at radius 3 is 2.44 bits per heavy atom. The molecule has 0 spiro atoms. The lowest BCUT2D eigenvalue weighted by molar-refractivity contribution is -0.384. The highest BCUT2D eigenvalue weighted by Gasteiger charge is 2.12. The Labute approximate surface area is 162 Å². The number of hydrogen-bond donors (Lipinski definition) is 2. The number of rotatable bonds is 6. The molecular formula is C17H14N4O4S2. The van der Waals surface area contributed by atoms with Gasteiger partial charge in [-0.15, -0.1) is 11.3 Å². The number of amides is 2. The molecule has 27 heavy (non-hydrogen) atoms. The molecule has 0 aliphatic carbocycles. The van der Waals surface area contributed by atoms with E-state index in [-0.39, 0.29) is 23.3 Å². The number of fused-ring (bicyclic) bond motifs is 1. The summed E-state index contributed by atoms with van der Waals surface area (Å²) >= 11 is 2.58. The molecule has 2 aromatic carbocycles. The van der Waals surface area contributed by atoms with Crippen molar-refractivity contribution < 1.29 is 14.5 Å². The number of aromatic nitrogens is 1. The predicted octanol–water partition coefficient (Wildman–Crippen LogP) is 3.89. The van der Waals surface area contributed by atoms with Crippen LogP contribution in [0.4, 0.5) is 17.1 Å². The van der Waals surface area contributed by atoms with Gasteiger partial charge in [-0.1, -0.05) is 11.8 Å². The van der Waals surface area contributed by atoms with Crippen molar-refractivity contribution in [1.29, 1.82) is 0 Å². The van der Waals surface area contributed by atoms with E-state index in [9.17, 15) is 19.7 Å². The number of benzene rings is 2. The Morgan fingerprint density at radius 2 is 1.81 bits per heavy atom. The molecular weight excluding hydrogens is 388 g/mol. The van der Waals surface area contributed by atoms with Gasteiger partial charge in [-0.05, 0) is 30.3 Å². The molecule has 3 rings (SSSR count). The largest absolute Gasteiger partial charge is 0.326 e. The van der Waals surface area contributed by atoms with E-state index in [2.05, 4.69) is 15.6 Å². The highest BCUT2D eigenvalue weighted by molar-refractivity contribution is 8.01. The molecule has 3 aromatic rings. The maximum absolute atomic E-state index is 12.1. The van der Waals surface area contributed by atoms with E-state index in [1.54, 1.807) is 30.3 Å². The van der Waals surface area contributed by atoms with Crippen LogP contribution in [0.25, 0.3) is 10.2 Å². The summed E-state index contributed by atoms with van der Waals surface area (Å²) in [7, 11) is 0. The quantitative estimate of drug-likeness (QED) is 0.367. The average Bonchev–Trinajstić information content (AvgIpc) is 3.03. The van der Waals surface area contributed by atoms with Crippen LogP contribution in [0.1, 0.15) is 6.92 Å². The molecule has 138 valence electrons. The molecule has 1 aromatic heterocycles. The number of thiazole rings is 1. The van der Waals surface area contributed by atoms with E-state index in [0.717, 1.165) is 0 Å². The standard InChI is InChI=1S/C17H14N4O4S2/c1-10(22)18-11-2-4-12(5-3-11)19-16(23)9-26-17-20-14-7-6-13(21(24)25)8-15(14)27-17/h2-8H,9H2,1H3,(H,18,22)(H,19,23). The van der Waals surface area contributed by atoms with E-state index >= 15 is 0 Å². The van der Waals surface area contributed by atoms with E-state index in [1.165, 1.54) is 42.2 Å². The van der Waals surface area contributed by atoms with Crippen molar-refractivity contribution in [1.82, 2.24) is 4.98 Å². The van der Waals surface area contributed by atoms with E-state index in [0.29, 0.717) is 25.9 Å². The van der Waals surface area contributed by atoms with Crippen molar-refractivity contribution in [2.24, 2.45) is 0 Å². The lowest BCUT2D eigenvalue weighted by Gasteiger charge is -2.06. The van der Waals surface area contributed by atoms with Gasteiger partial charge in [-0.3, -0.25) is 19.7 Å². The maximum atomic E-state index is 12.1. The molecule has 2 amide bonds. The van der Waals surface area contributed by atoms with Gasteiger partial charge in [0.15, 0.2) is 4.34 Å². The number of carbonyl (C=O) groups excluding carboxylic acids is 2. The van der Waals surface area contributed by atoms with Gasteiger partial charge in [0.05, 0.1) is 20.9 Å². The zero-order valence-corrected chi connectivity index (χ0v) is 15.7. The van der Waals surface area contributed by atoms with E-state index in [1.807, 2.05) is 0 Å². The van der Waals surface area contributed by atoms with Gasteiger partial charge >= 0.3 is 0 Å². The number of carbonyl (C=O) groups is 2. The second-order valence-corrected chi connectivity index (χ2v) is 7.74. The number of non-ortho nitro benzene ring substituents is 1. The topological polar surface area (TPSA) is 114 Å². The molecule has 8 nitrogen and oxygen atoms in total. The minimum Gasteiger partial charge on any atom is -0.326 e. The number of nitro benzene ring substituents is 1. The molecule has 0 aliphatic heterocycles. The van der Waals surface area contributed by atoms with Crippen molar-refractivity contribution in [3.63, 3.8) is 0 Å². The summed E-state index contributed by atoms with van der Waals surface area (Å²) in [6, 6.07) is 11.3. The summed E-state index contributed by atoms with van der Waals surface area (Å²) in [6.45, 7) is 1.42. The number of thioether (sulfide) groups is 1. The minimum absolute atomic E-state index is 0.0168. The lowest BCUT2D eigenvalue weighted by atomic mass is 10.3. The van der Waals surface area contributed by atoms with Crippen molar-refractivity contribution in [2.45, 2.75) is 11.3 Å². The zero-order valence-electron chi connectivity index (χ0n) is 14.1. The normalized spacial score (nSPS) is 10.6. The average molecular weight is 402 g/mol. The third-order valence-corrected chi connectivity index (χ3v) is 5.54. The lowest BCUT2D eigenvalue weighted by Crippen LogP contribution is -2.14. The Bertz CT molecular complexity index is 1020. The number of nitrogens with one attached hydrogen (secondary N) is 2. The third-order valence-electron chi connectivity index (χ3n) is 3.38. The van der Waals surface area contributed by atoms with Gasteiger partial charge < -0.3 is 10.6 Å². The summed E-state index contributed by atoms with van der Waals surface area (Å²) in [5.74, 6) is -0.197. The van der Waals surface area contributed by atoms with Crippen LogP contribution in [0.2, 0.25) is 0 Å². The Hall–Kier alpha value is -2.98. The van der Waals surface area contributed by atoms with Gasteiger partial charge in [0.25, 0.3) is 5.69 Å². The summed E-state index contributed by atoms with van der Waals surface area (Å²) in [5.41, 5.74) is 1.96. The van der Waals surface area contributed by atoms with Gasteiger partial charge in [-0.25, -0.2) is 4.98 Å².